The van der Waals surface area contributed by atoms with Gasteiger partial charge in [0.1, 0.15) is 11.8 Å². The Morgan fingerprint density at radius 2 is 1.85 bits per heavy atom. The van der Waals surface area contributed by atoms with Gasteiger partial charge in [-0.1, -0.05) is 76.3 Å². The third-order valence-electron chi connectivity index (χ3n) is 9.48. The number of unbranched alkanes of at least 4 members (excludes halogenated alkanes) is 8. The number of benzene rings is 1. The molecular weight excluding hydrogens is 480 g/mol. The number of allylic oxidation sites excluding steroid dienone is 4. The molecule has 0 amide bonds. The van der Waals surface area contributed by atoms with Crippen molar-refractivity contribution < 1.29 is 21.5 Å². The van der Waals surface area contributed by atoms with Crippen molar-refractivity contribution in [3.8, 4) is 5.75 Å². The maximum atomic E-state index is 13.0. The van der Waals surface area contributed by atoms with Crippen molar-refractivity contribution in [2.24, 2.45) is 17.3 Å². The van der Waals surface area contributed by atoms with E-state index in [4.69, 9.17) is 10.2 Å². The summed E-state index contributed by atoms with van der Waals surface area (Å²) in [6.07, 6.45) is 20.1. The van der Waals surface area contributed by atoms with Crippen LogP contribution in [0.15, 0.2) is 42.5 Å². The molecule has 2 fully saturated rings. The average molecular weight is 540 g/mol. The maximum Gasteiger partial charge on any atom is 0.306 e. The van der Waals surface area contributed by atoms with Crippen LogP contribution in [-0.2, 0) is 16.0 Å². The van der Waals surface area contributed by atoms with Gasteiger partial charge in [-0.05, 0) is 118 Å². The second-order valence-electron chi connectivity index (χ2n) is 12.2. The lowest BCUT2D eigenvalue weighted by molar-refractivity contribution is -0.157. The van der Waals surface area contributed by atoms with Crippen LogP contribution in [0.3, 0.4) is 0 Å². The highest BCUT2D eigenvalue weighted by Crippen LogP contribution is 2.61. The van der Waals surface area contributed by atoms with E-state index in [0.717, 1.165) is 56.1 Å². The van der Waals surface area contributed by atoms with Crippen molar-refractivity contribution in [3.05, 3.63) is 53.6 Å². The summed E-state index contributed by atoms with van der Waals surface area (Å²) in [5.41, 5.74) is 0.913. The van der Waals surface area contributed by atoms with Gasteiger partial charge >= 0.3 is 5.97 Å². The van der Waals surface area contributed by atoms with E-state index in [2.05, 4.69) is 31.2 Å². The Kier molecular flexibility index (Phi) is 9.16. The molecule has 3 aliphatic rings. The number of ether oxygens (including phenoxy) is 1. The van der Waals surface area contributed by atoms with E-state index in [1.807, 2.05) is 6.92 Å². The number of esters is 1. The third-order valence-corrected chi connectivity index (χ3v) is 9.48. The molecule has 2 saturated carbocycles. The molecule has 3 nitrogen and oxygen atoms in total. The molecule has 0 heterocycles. The summed E-state index contributed by atoms with van der Waals surface area (Å²) in [7, 11) is 0. The van der Waals surface area contributed by atoms with Gasteiger partial charge in [0.05, 0.1) is 4.11 Å². The van der Waals surface area contributed by atoms with Gasteiger partial charge in [-0.3, -0.25) is 4.79 Å². The molecule has 3 heteroatoms. The number of hydrogen-bond donors (Lipinski definition) is 1. The van der Waals surface area contributed by atoms with E-state index in [1.54, 1.807) is 6.07 Å². The van der Waals surface area contributed by atoms with Gasteiger partial charge in [0.2, 0.25) is 0 Å². The van der Waals surface area contributed by atoms with Gasteiger partial charge in [0.15, 0.2) is 0 Å². The van der Waals surface area contributed by atoms with Gasteiger partial charge < -0.3 is 9.84 Å². The van der Waals surface area contributed by atoms with Crippen LogP contribution in [-0.4, -0.2) is 17.2 Å². The van der Waals surface area contributed by atoms with E-state index < -0.39 is 23.8 Å². The van der Waals surface area contributed by atoms with Crippen molar-refractivity contribution in [1.82, 2.24) is 0 Å². The fourth-order valence-electron chi connectivity index (χ4n) is 7.19. The molecule has 0 radical (unpaired) electrons. The number of phenols is 1. The first kappa shape index (κ1) is 23.7. The third kappa shape index (κ3) is 8.01. The molecule has 1 aromatic rings. The van der Waals surface area contributed by atoms with Gasteiger partial charge in [-0.25, -0.2) is 0 Å². The number of carbonyl (C=O) groups excluding carboxylic acids is 1. The number of rotatable bonds is 15. The molecule has 39 heavy (non-hydrogen) atoms. The van der Waals surface area contributed by atoms with Gasteiger partial charge in [0.25, 0.3) is 0 Å². The summed E-state index contributed by atoms with van der Waals surface area (Å²) in [4.78, 5) is 13.0. The molecule has 0 unspecified atom stereocenters. The van der Waals surface area contributed by atoms with Crippen LogP contribution in [0.2, 0.25) is 0 Å². The summed E-state index contributed by atoms with van der Waals surface area (Å²) in [5.74, 6) is -0.732. The molecule has 3 aliphatic carbocycles. The highest BCUT2D eigenvalue weighted by atomic mass is 16.5. The Hall–Kier alpha value is -2.03. The lowest BCUT2D eigenvalue weighted by Gasteiger charge is -2.50. The standard InChI is InChI=1S/C36H54O3/c1-3-4-5-6-7-8-9-10-11-12-13-14-15-16-17-18-35(38)39-34-24-23-33-32-21-19-28-27-29(37)20-22-30(28)31(32)25-26-36(33,34)2/h7-8,10-11,20,22,27,31-34,37H,3-6,9,12-19,21,23-26H2,1-2H3/b8-7-,11-10-/t31-,32-,33+,34+,36+/m1/s1/i20D,24D2,27D,34D. The first-order valence-electron chi connectivity index (χ1n) is 18.3. The van der Waals surface area contributed by atoms with Gasteiger partial charge in [-0.2, -0.15) is 0 Å². The van der Waals surface area contributed by atoms with Gasteiger partial charge in [0, 0.05) is 14.6 Å². The van der Waals surface area contributed by atoms with Crippen LogP contribution < -0.4 is 0 Å². The van der Waals surface area contributed by atoms with E-state index >= 15 is 0 Å². The summed E-state index contributed by atoms with van der Waals surface area (Å²) in [6.45, 7) is 4.17. The normalized spacial score (nSPS) is 33.0. The average Bonchev–Trinajstić information content (AvgIpc) is 3.14. The molecule has 4 rings (SSSR count). The zero-order valence-electron chi connectivity index (χ0n) is 29.4. The number of aromatic hydroxyl groups is 1. The Bertz CT molecular complexity index is 1200. The maximum absolute atomic E-state index is 13.0. The Labute approximate surface area is 245 Å². The van der Waals surface area contributed by atoms with Crippen LogP contribution in [0.1, 0.15) is 147 Å². The lowest BCUT2D eigenvalue weighted by atomic mass is 9.55. The number of hydrogen-bond acceptors (Lipinski definition) is 3. The van der Waals surface area contributed by atoms with Crippen LogP contribution in [0, 0.1) is 17.3 Å². The largest absolute Gasteiger partial charge is 0.508 e. The monoisotopic (exact) mass is 539 g/mol. The Morgan fingerprint density at radius 3 is 2.64 bits per heavy atom. The molecule has 1 aromatic carbocycles. The summed E-state index contributed by atoms with van der Waals surface area (Å²) < 4.78 is 49.5. The van der Waals surface area contributed by atoms with Crippen molar-refractivity contribution in [1.29, 1.82) is 0 Å². The molecule has 0 aliphatic heterocycles. The summed E-state index contributed by atoms with van der Waals surface area (Å²) in [5, 5.41) is 10.2. The quantitative estimate of drug-likeness (QED) is 0.137. The highest BCUT2D eigenvalue weighted by molar-refractivity contribution is 5.69. The predicted molar refractivity (Wildman–Crippen MR) is 162 cm³/mol. The Morgan fingerprint density at radius 1 is 1.10 bits per heavy atom. The van der Waals surface area contributed by atoms with E-state index in [9.17, 15) is 11.3 Å². The second-order valence-corrected chi connectivity index (χ2v) is 12.2. The summed E-state index contributed by atoms with van der Waals surface area (Å²) >= 11 is 0. The van der Waals surface area contributed by atoms with E-state index in [-0.39, 0.29) is 48.4 Å². The zero-order valence-corrected chi connectivity index (χ0v) is 24.4. The van der Waals surface area contributed by atoms with Crippen molar-refractivity contribution >= 4 is 5.97 Å². The minimum absolute atomic E-state index is 0.0399. The minimum atomic E-state index is -1.97. The second kappa shape index (κ2) is 15.1. The number of phenolic OH excluding ortho intramolecular Hbond substituents is 1. The molecule has 0 spiro atoms. The van der Waals surface area contributed by atoms with E-state index in [0.29, 0.717) is 25.7 Å². The topological polar surface area (TPSA) is 46.5 Å². The lowest BCUT2D eigenvalue weighted by Crippen LogP contribution is -2.45. The van der Waals surface area contributed by atoms with Crippen LogP contribution in [0.4, 0.5) is 0 Å². The molecule has 0 aromatic heterocycles. The highest BCUT2D eigenvalue weighted by Gasteiger charge is 2.56. The fourth-order valence-corrected chi connectivity index (χ4v) is 7.19. The first-order chi connectivity index (χ1) is 21.0. The zero-order chi connectivity index (χ0) is 32.0. The van der Waals surface area contributed by atoms with Crippen molar-refractivity contribution in [2.45, 2.75) is 141 Å². The SMILES string of the molecule is [2H]c1cc2c(c([2H])c1O)CC[C@@H]1[C@@H]2CC[C@@]2(C)[C@H]1CC([2H])([2H])[C@]2([2H])OC(=O)CCCCCCC/C=C\C/C=C\CCCCC. The molecule has 0 bridgehead atoms. The first-order valence-corrected chi connectivity index (χ1v) is 15.8. The number of carbonyl (C=O) groups is 1. The molecular formula is C36H54O3. The molecule has 1 N–H and O–H groups in total. The summed E-state index contributed by atoms with van der Waals surface area (Å²) in [6, 6.07) is 1.69. The van der Waals surface area contributed by atoms with Crippen molar-refractivity contribution in [2.75, 3.05) is 0 Å². The molecule has 5 atom stereocenters. The number of fused-ring (bicyclic) bond motifs is 5. The van der Waals surface area contributed by atoms with E-state index in [1.165, 1.54) is 25.7 Å². The fraction of sp³-hybridized carbons (Fsp3) is 0.694. The predicted octanol–water partition coefficient (Wildman–Crippen LogP) is 9.97. The Balaban J connectivity index is 1.23. The van der Waals surface area contributed by atoms with Crippen LogP contribution >= 0.6 is 0 Å². The molecule has 0 saturated heterocycles. The molecule has 216 valence electrons. The van der Waals surface area contributed by atoms with Crippen molar-refractivity contribution in [3.63, 3.8) is 0 Å². The van der Waals surface area contributed by atoms with Crippen LogP contribution in [0.5, 0.6) is 5.75 Å². The van der Waals surface area contributed by atoms with Gasteiger partial charge in [-0.15, -0.1) is 0 Å². The van der Waals surface area contributed by atoms with Crippen LogP contribution in [0.25, 0.3) is 0 Å². The smallest absolute Gasteiger partial charge is 0.306 e. The minimum Gasteiger partial charge on any atom is -0.508 e.